The number of rotatable bonds is 4. The predicted molar refractivity (Wildman–Crippen MR) is 93.6 cm³/mol. The Labute approximate surface area is 145 Å². The second-order valence-electron chi connectivity index (χ2n) is 6.09. The van der Waals surface area contributed by atoms with E-state index in [9.17, 15) is 15.4 Å². The van der Waals surface area contributed by atoms with Gasteiger partial charge in [0.2, 0.25) is 0 Å². The molecule has 8 heteroatoms. The number of hydrogen-bond acceptors (Lipinski definition) is 7. The monoisotopic (exact) mass is 338 g/mol. The number of nitriles is 1. The lowest BCUT2D eigenvalue weighted by molar-refractivity contribution is -0.385. The molecule has 2 aromatic heterocycles. The van der Waals surface area contributed by atoms with E-state index in [0.29, 0.717) is 11.4 Å². The van der Waals surface area contributed by atoms with Gasteiger partial charge in [-0.2, -0.15) is 5.26 Å². The van der Waals surface area contributed by atoms with Crippen LogP contribution in [0.5, 0.6) is 0 Å². The average molecular weight is 338 g/mol. The zero-order valence-corrected chi connectivity index (χ0v) is 14.1. The number of nitrogens with zero attached hydrogens (tertiary/aromatic N) is 5. The number of anilines is 2. The smallest absolute Gasteiger partial charge is 0.287 e. The summed E-state index contributed by atoms with van der Waals surface area (Å²) in [6.45, 7) is 5.32. The molecular weight excluding hydrogens is 320 g/mol. The van der Waals surface area contributed by atoms with Gasteiger partial charge in [-0.3, -0.25) is 15.1 Å². The molecule has 3 heterocycles. The van der Waals surface area contributed by atoms with Crippen LogP contribution < -0.4 is 10.2 Å². The van der Waals surface area contributed by atoms with Crippen molar-refractivity contribution in [3.63, 3.8) is 0 Å². The highest BCUT2D eigenvalue weighted by Gasteiger charge is 2.25. The van der Waals surface area contributed by atoms with Gasteiger partial charge in [0.05, 0.1) is 21.9 Å². The minimum absolute atomic E-state index is 0.0278. The van der Waals surface area contributed by atoms with Crippen molar-refractivity contribution in [2.24, 2.45) is 0 Å². The average Bonchev–Trinajstić information content (AvgIpc) is 3.03. The third-order valence-corrected chi connectivity index (χ3v) is 4.26. The second kappa shape index (κ2) is 6.73. The summed E-state index contributed by atoms with van der Waals surface area (Å²) in [5.74, 6) is 0.611. The van der Waals surface area contributed by atoms with E-state index >= 15 is 0 Å². The molecule has 3 rings (SSSR count). The van der Waals surface area contributed by atoms with E-state index in [4.69, 9.17) is 0 Å². The number of hydrogen-bond donors (Lipinski definition) is 1. The van der Waals surface area contributed by atoms with Gasteiger partial charge in [-0.15, -0.1) is 0 Å². The van der Waals surface area contributed by atoms with E-state index in [1.807, 2.05) is 19.9 Å². The summed E-state index contributed by atoms with van der Waals surface area (Å²) in [6, 6.07) is 7.40. The molecular formula is C17H18N6O2. The van der Waals surface area contributed by atoms with Crippen molar-refractivity contribution in [1.82, 2.24) is 9.97 Å². The van der Waals surface area contributed by atoms with E-state index in [-0.39, 0.29) is 11.7 Å². The van der Waals surface area contributed by atoms with Crippen molar-refractivity contribution in [2.45, 2.75) is 26.3 Å². The lowest BCUT2D eigenvalue weighted by Gasteiger charge is -2.21. The standard InChI is InChI=1S/C17H18N6O2/c1-11-7-16(15(8-18)12(2)20-11)22-6-5-13(10-22)21-17-4-3-14(9-19-17)23(24)25/h3-4,7,9,13H,5-6,10H2,1-2H3,(H,19,21)/t13-/m1/s1. The molecule has 128 valence electrons. The van der Waals surface area contributed by atoms with Gasteiger partial charge >= 0.3 is 0 Å². The Balaban J connectivity index is 1.72. The van der Waals surface area contributed by atoms with Crippen LogP contribution in [0, 0.1) is 35.3 Å². The number of pyridine rings is 2. The molecule has 0 spiro atoms. The fourth-order valence-electron chi connectivity index (χ4n) is 3.08. The Morgan fingerprint density at radius 1 is 1.44 bits per heavy atom. The summed E-state index contributed by atoms with van der Waals surface area (Å²) >= 11 is 0. The molecule has 0 unspecified atom stereocenters. The molecule has 1 saturated heterocycles. The lowest BCUT2D eigenvalue weighted by Crippen LogP contribution is -2.27. The first-order valence-electron chi connectivity index (χ1n) is 7.98. The maximum absolute atomic E-state index is 10.7. The third-order valence-electron chi connectivity index (χ3n) is 4.26. The van der Waals surface area contributed by atoms with Crippen LogP contribution in [0.1, 0.15) is 23.4 Å². The predicted octanol–water partition coefficient (Wildman–Crippen LogP) is 2.56. The first-order valence-corrected chi connectivity index (χ1v) is 7.98. The Morgan fingerprint density at radius 2 is 2.24 bits per heavy atom. The van der Waals surface area contributed by atoms with Gasteiger partial charge in [-0.1, -0.05) is 0 Å². The van der Waals surface area contributed by atoms with Gasteiger partial charge in [-0.05, 0) is 32.4 Å². The summed E-state index contributed by atoms with van der Waals surface area (Å²) in [5, 5.41) is 23.4. The van der Waals surface area contributed by atoms with E-state index in [1.165, 1.54) is 12.3 Å². The van der Waals surface area contributed by atoms with Crippen molar-refractivity contribution >= 4 is 17.2 Å². The highest BCUT2D eigenvalue weighted by atomic mass is 16.6. The topological polar surface area (TPSA) is 108 Å². The minimum atomic E-state index is -0.467. The Kier molecular flexibility index (Phi) is 4.48. The van der Waals surface area contributed by atoms with Crippen LogP contribution >= 0.6 is 0 Å². The van der Waals surface area contributed by atoms with Gasteiger partial charge in [0.15, 0.2) is 0 Å². The molecule has 0 amide bonds. The van der Waals surface area contributed by atoms with Crippen molar-refractivity contribution in [1.29, 1.82) is 5.26 Å². The van der Waals surface area contributed by atoms with E-state index in [2.05, 4.69) is 26.3 Å². The van der Waals surface area contributed by atoms with Crippen LogP contribution in [-0.4, -0.2) is 34.0 Å². The van der Waals surface area contributed by atoms with Crippen molar-refractivity contribution in [2.75, 3.05) is 23.3 Å². The largest absolute Gasteiger partial charge is 0.368 e. The number of nitro groups is 1. The van der Waals surface area contributed by atoms with Crippen molar-refractivity contribution in [3.8, 4) is 6.07 Å². The number of aromatic nitrogens is 2. The molecule has 0 saturated carbocycles. The highest BCUT2D eigenvalue weighted by Crippen LogP contribution is 2.27. The Morgan fingerprint density at radius 3 is 2.88 bits per heavy atom. The molecule has 1 N–H and O–H groups in total. The molecule has 0 aliphatic carbocycles. The number of aryl methyl sites for hydroxylation is 2. The van der Waals surface area contributed by atoms with Gasteiger partial charge < -0.3 is 10.2 Å². The number of nitrogens with one attached hydrogen (secondary N) is 1. The summed E-state index contributed by atoms with van der Waals surface area (Å²) in [4.78, 5) is 20.8. The molecule has 0 radical (unpaired) electrons. The third kappa shape index (κ3) is 3.50. The zero-order valence-electron chi connectivity index (χ0n) is 14.1. The molecule has 8 nitrogen and oxygen atoms in total. The van der Waals surface area contributed by atoms with Crippen molar-refractivity contribution < 1.29 is 4.92 Å². The molecule has 1 aliphatic rings. The van der Waals surface area contributed by atoms with Crippen LogP contribution in [0.4, 0.5) is 17.2 Å². The van der Waals surface area contributed by atoms with E-state index in [1.54, 1.807) is 6.07 Å². The van der Waals surface area contributed by atoms with Crippen LogP contribution in [0.3, 0.4) is 0 Å². The second-order valence-corrected chi connectivity index (χ2v) is 6.09. The normalized spacial score (nSPS) is 16.5. The van der Waals surface area contributed by atoms with Crippen LogP contribution in [0.2, 0.25) is 0 Å². The minimum Gasteiger partial charge on any atom is -0.368 e. The zero-order chi connectivity index (χ0) is 18.0. The fourth-order valence-corrected chi connectivity index (χ4v) is 3.08. The lowest BCUT2D eigenvalue weighted by atomic mass is 10.1. The SMILES string of the molecule is Cc1cc(N2CC[C@@H](Nc3ccc([N+](=O)[O-])cn3)C2)c(C#N)c(C)n1. The van der Waals surface area contributed by atoms with Gasteiger partial charge in [0, 0.05) is 30.9 Å². The summed E-state index contributed by atoms with van der Waals surface area (Å²) in [7, 11) is 0. The van der Waals surface area contributed by atoms with Crippen molar-refractivity contribution in [3.05, 3.63) is 51.5 Å². The maximum Gasteiger partial charge on any atom is 0.287 e. The van der Waals surface area contributed by atoms with Crippen LogP contribution in [-0.2, 0) is 0 Å². The quantitative estimate of drug-likeness (QED) is 0.674. The molecule has 1 aliphatic heterocycles. The fraction of sp³-hybridized carbons (Fsp3) is 0.353. The highest BCUT2D eigenvalue weighted by molar-refractivity contribution is 5.62. The Hall–Kier alpha value is -3.21. The van der Waals surface area contributed by atoms with Gasteiger partial charge in [0.25, 0.3) is 5.69 Å². The summed E-state index contributed by atoms with van der Waals surface area (Å²) in [6.07, 6.45) is 2.14. The molecule has 2 aromatic rings. The first-order chi connectivity index (χ1) is 12.0. The summed E-state index contributed by atoms with van der Waals surface area (Å²) in [5.41, 5.74) is 3.12. The first kappa shape index (κ1) is 16.6. The van der Waals surface area contributed by atoms with Gasteiger partial charge in [-0.25, -0.2) is 4.98 Å². The molecule has 1 fully saturated rings. The van der Waals surface area contributed by atoms with E-state index in [0.717, 1.165) is 36.6 Å². The summed E-state index contributed by atoms with van der Waals surface area (Å²) < 4.78 is 0. The molecule has 1 atom stereocenters. The Bertz CT molecular complexity index is 843. The molecule has 0 bridgehead atoms. The van der Waals surface area contributed by atoms with Crippen LogP contribution in [0.25, 0.3) is 0 Å². The maximum atomic E-state index is 10.7. The van der Waals surface area contributed by atoms with Crippen LogP contribution in [0.15, 0.2) is 24.4 Å². The molecule has 0 aromatic carbocycles. The molecule has 25 heavy (non-hydrogen) atoms. The van der Waals surface area contributed by atoms with E-state index < -0.39 is 4.92 Å². The van der Waals surface area contributed by atoms with Gasteiger partial charge in [0.1, 0.15) is 18.1 Å².